The maximum atomic E-state index is 12.3. The summed E-state index contributed by atoms with van der Waals surface area (Å²) in [6.45, 7) is 6.97. The number of hydrogen-bond donors (Lipinski definition) is 0. The molecule has 0 saturated carbocycles. The highest BCUT2D eigenvalue weighted by molar-refractivity contribution is 5.77. The number of pyridine rings is 1. The number of nitriles is 1. The van der Waals surface area contributed by atoms with Gasteiger partial charge in [-0.2, -0.15) is 5.26 Å². The van der Waals surface area contributed by atoms with Crippen molar-refractivity contribution in [2.24, 2.45) is 5.92 Å². The van der Waals surface area contributed by atoms with Crippen LogP contribution in [-0.4, -0.2) is 53.0 Å². The summed E-state index contributed by atoms with van der Waals surface area (Å²) in [7, 11) is 0. The smallest absolute Gasteiger partial charge is 0.222 e. The van der Waals surface area contributed by atoms with E-state index >= 15 is 0 Å². The number of carbonyl (C=O) groups is 1. The Labute approximate surface area is 143 Å². The van der Waals surface area contributed by atoms with Crippen molar-refractivity contribution in [2.45, 2.75) is 38.7 Å². The minimum Gasteiger partial charge on any atom is -0.489 e. The summed E-state index contributed by atoms with van der Waals surface area (Å²) in [4.78, 5) is 20.4. The zero-order chi connectivity index (χ0) is 17.1. The van der Waals surface area contributed by atoms with Crippen LogP contribution in [0.5, 0.6) is 5.75 Å². The highest BCUT2D eigenvalue weighted by Crippen LogP contribution is 2.29. The first kappa shape index (κ1) is 16.6. The molecule has 2 fully saturated rings. The van der Waals surface area contributed by atoms with E-state index in [0.717, 1.165) is 44.0 Å². The van der Waals surface area contributed by atoms with Gasteiger partial charge in [-0.1, -0.05) is 0 Å². The number of likely N-dealkylation sites (tertiary alicyclic amines) is 2. The summed E-state index contributed by atoms with van der Waals surface area (Å²) < 4.78 is 5.60. The quantitative estimate of drug-likeness (QED) is 0.773. The molecule has 6 nitrogen and oxygen atoms in total. The van der Waals surface area contributed by atoms with Crippen LogP contribution in [0.1, 0.15) is 38.3 Å². The molecule has 0 aromatic carbocycles. The van der Waals surface area contributed by atoms with Crippen molar-refractivity contribution in [3.8, 4) is 11.9 Å². The van der Waals surface area contributed by atoms with Gasteiger partial charge in [-0.25, -0.2) is 0 Å². The predicted octanol–water partition coefficient (Wildman–Crippen LogP) is 1.99. The number of amides is 1. The molecule has 24 heavy (non-hydrogen) atoms. The van der Waals surface area contributed by atoms with Gasteiger partial charge >= 0.3 is 0 Å². The highest BCUT2D eigenvalue weighted by atomic mass is 16.5. The molecule has 0 aliphatic carbocycles. The molecule has 0 radical (unpaired) electrons. The lowest BCUT2D eigenvalue weighted by Gasteiger charge is -2.39. The van der Waals surface area contributed by atoms with Gasteiger partial charge in [-0.15, -0.1) is 0 Å². The third-order valence-corrected chi connectivity index (χ3v) is 4.67. The molecule has 128 valence electrons. The third-order valence-electron chi connectivity index (χ3n) is 4.67. The van der Waals surface area contributed by atoms with E-state index in [4.69, 9.17) is 10.00 Å². The molecule has 0 spiro atoms. The number of ether oxygens (including phenoxy) is 1. The second-order valence-electron chi connectivity index (χ2n) is 6.99. The second-order valence-corrected chi connectivity index (χ2v) is 6.99. The van der Waals surface area contributed by atoms with E-state index in [0.29, 0.717) is 18.3 Å². The lowest BCUT2D eigenvalue weighted by molar-refractivity contribution is -0.136. The molecule has 3 rings (SSSR count). The van der Waals surface area contributed by atoms with Gasteiger partial charge in [0.2, 0.25) is 5.91 Å². The lowest BCUT2D eigenvalue weighted by atomic mass is 9.94. The van der Waals surface area contributed by atoms with Crippen LogP contribution in [-0.2, 0) is 4.79 Å². The number of carbonyl (C=O) groups excluding carboxylic acids is 1. The van der Waals surface area contributed by atoms with Gasteiger partial charge in [0.1, 0.15) is 5.75 Å². The van der Waals surface area contributed by atoms with Crippen molar-refractivity contribution in [3.05, 3.63) is 24.0 Å². The van der Waals surface area contributed by atoms with Gasteiger partial charge < -0.3 is 14.5 Å². The molecule has 0 bridgehead atoms. The van der Waals surface area contributed by atoms with Crippen LogP contribution >= 0.6 is 0 Å². The number of nitrogens with zero attached hydrogens (tertiary/aromatic N) is 4. The summed E-state index contributed by atoms with van der Waals surface area (Å²) >= 11 is 0. The molecule has 2 aliphatic rings. The Hall–Kier alpha value is -2.29. The largest absolute Gasteiger partial charge is 0.489 e. The van der Waals surface area contributed by atoms with Crippen molar-refractivity contribution >= 4 is 5.91 Å². The Kier molecular flexibility index (Phi) is 4.89. The fraction of sp³-hybridized carbons (Fsp3) is 0.611. The lowest BCUT2D eigenvalue weighted by Crippen LogP contribution is -2.49. The maximum absolute atomic E-state index is 12.3. The summed E-state index contributed by atoms with van der Waals surface area (Å²) in [6.07, 6.45) is 5.55. The van der Waals surface area contributed by atoms with Gasteiger partial charge in [0, 0.05) is 44.2 Å². The molecule has 1 amide bonds. The van der Waals surface area contributed by atoms with Gasteiger partial charge in [0.25, 0.3) is 0 Å². The van der Waals surface area contributed by atoms with Crippen LogP contribution in [0, 0.1) is 17.4 Å². The summed E-state index contributed by atoms with van der Waals surface area (Å²) in [5, 5.41) is 8.88. The first-order valence-electron chi connectivity index (χ1n) is 8.60. The first-order chi connectivity index (χ1) is 11.5. The summed E-state index contributed by atoms with van der Waals surface area (Å²) in [6, 6.07) is 3.94. The minimum atomic E-state index is 0.141. The molecule has 3 heterocycles. The number of hydrogen-bond acceptors (Lipinski definition) is 5. The molecular formula is C18H24N4O2. The predicted molar refractivity (Wildman–Crippen MR) is 89.2 cm³/mol. The normalized spacial score (nSPS) is 20.8. The van der Waals surface area contributed by atoms with Crippen LogP contribution in [0.3, 0.4) is 0 Å². The molecule has 1 aromatic rings. The zero-order valence-corrected chi connectivity index (χ0v) is 14.3. The SMILES string of the molecule is CC(C)Oc1ccc(C2CN(C(=O)C[C@@H]3CCN(C#N)C3)C2)nc1. The Morgan fingerprint density at radius 2 is 2.21 bits per heavy atom. The van der Waals surface area contributed by atoms with Crippen molar-refractivity contribution in [1.29, 1.82) is 5.26 Å². The van der Waals surface area contributed by atoms with E-state index in [-0.39, 0.29) is 12.0 Å². The van der Waals surface area contributed by atoms with Crippen molar-refractivity contribution < 1.29 is 9.53 Å². The fourth-order valence-electron chi connectivity index (χ4n) is 3.31. The van der Waals surface area contributed by atoms with Crippen LogP contribution in [0.2, 0.25) is 0 Å². The Morgan fingerprint density at radius 1 is 1.42 bits per heavy atom. The topological polar surface area (TPSA) is 69.5 Å². The van der Waals surface area contributed by atoms with Gasteiger partial charge in [-0.05, 0) is 38.3 Å². The minimum absolute atomic E-state index is 0.141. The van der Waals surface area contributed by atoms with Gasteiger partial charge in [0.05, 0.1) is 12.3 Å². The summed E-state index contributed by atoms with van der Waals surface area (Å²) in [5.41, 5.74) is 1.02. The fourth-order valence-corrected chi connectivity index (χ4v) is 3.31. The van der Waals surface area contributed by atoms with Crippen LogP contribution in [0.15, 0.2) is 18.3 Å². The average molecular weight is 328 g/mol. The molecule has 1 atom stereocenters. The average Bonchev–Trinajstić information content (AvgIpc) is 2.94. The highest BCUT2D eigenvalue weighted by Gasteiger charge is 2.34. The Balaban J connectivity index is 1.45. The Bertz CT molecular complexity index is 617. The van der Waals surface area contributed by atoms with E-state index < -0.39 is 0 Å². The first-order valence-corrected chi connectivity index (χ1v) is 8.60. The molecule has 0 unspecified atom stereocenters. The molecule has 1 aromatic heterocycles. The molecule has 0 N–H and O–H groups in total. The third kappa shape index (κ3) is 3.78. The molecule has 2 saturated heterocycles. The van der Waals surface area contributed by atoms with E-state index in [9.17, 15) is 4.79 Å². The van der Waals surface area contributed by atoms with Crippen LogP contribution in [0.4, 0.5) is 0 Å². The zero-order valence-electron chi connectivity index (χ0n) is 14.3. The van der Waals surface area contributed by atoms with Crippen molar-refractivity contribution in [3.63, 3.8) is 0 Å². The second kappa shape index (κ2) is 7.08. The van der Waals surface area contributed by atoms with Crippen molar-refractivity contribution in [2.75, 3.05) is 26.2 Å². The van der Waals surface area contributed by atoms with E-state index in [1.165, 1.54) is 0 Å². The van der Waals surface area contributed by atoms with Gasteiger partial charge in [0.15, 0.2) is 6.19 Å². The van der Waals surface area contributed by atoms with E-state index in [2.05, 4.69) is 11.2 Å². The van der Waals surface area contributed by atoms with Gasteiger partial charge in [-0.3, -0.25) is 9.78 Å². The van der Waals surface area contributed by atoms with Crippen LogP contribution in [0.25, 0.3) is 0 Å². The standard InChI is InChI=1S/C18H24N4O2/c1-13(2)24-16-3-4-17(20-8-16)15-10-22(11-15)18(23)7-14-5-6-21(9-14)12-19/h3-4,8,13-15H,5-7,9-11H2,1-2H3/t14-/m0/s1. The summed E-state index contributed by atoms with van der Waals surface area (Å²) in [5.74, 6) is 1.63. The number of aromatic nitrogens is 1. The Morgan fingerprint density at radius 3 is 2.79 bits per heavy atom. The molecule has 6 heteroatoms. The molecule has 2 aliphatic heterocycles. The van der Waals surface area contributed by atoms with Crippen LogP contribution < -0.4 is 4.74 Å². The number of rotatable bonds is 5. The van der Waals surface area contributed by atoms with Crippen molar-refractivity contribution in [1.82, 2.24) is 14.8 Å². The van der Waals surface area contributed by atoms with E-state index in [1.807, 2.05) is 30.9 Å². The maximum Gasteiger partial charge on any atom is 0.222 e. The molecular weight excluding hydrogens is 304 g/mol. The van der Waals surface area contributed by atoms with E-state index in [1.54, 1.807) is 11.1 Å². The monoisotopic (exact) mass is 328 g/mol.